The summed E-state index contributed by atoms with van der Waals surface area (Å²) >= 11 is 0. The van der Waals surface area contributed by atoms with Crippen molar-refractivity contribution in [1.82, 2.24) is 14.7 Å². The van der Waals surface area contributed by atoms with Gasteiger partial charge in [-0.05, 0) is 31.5 Å². The lowest BCUT2D eigenvalue weighted by molar-refractivity contribution is 0.354. The first-order valence-electron chi connectivity index (χ1n) is 7.27. The van der Waals surface area contributed by atoms with Crippen LogP contribution in [0.5, 0.6) is 11.5 Å². The van der Waals surface area contributed by atoms with Crippen molar-refractivity contribution < 1.29 is 17.9 Å². The van der Waals surface area contributed by atoms with Crippen LogP contribution in [-0.4, -0.2) is 32.6 Å². The molecule has 1 atom stereocenters. The standard InChI is InChI=1S/C15H19N3O6S/c1-8(10-5-6-11(23-3)12(7-10)24-4)18-25(21,22)13-9(2)16-15(20)17-14(13)19/h5-8,18H,1-4H3,(H2,16,17,19,20)/t8-/m0/s1. The van der Waals surface area contributed by atoms with Crippen molar-refractivity contribution in [2.45, 2.75) is 24.8 Å². The molecule has 136 valence electrons. The van der Waals surface area contributed by atoms with Gasteiger partial charge in [0.15, 0.2) is 16.4 Å². The highest BCUT2D eigenvalue weighted by molar-refractivity contribution is 7.89. The average molecular weight is 369 g/mol. The zero-order chi connectivity index (χ0) is 18.8. The van der Waals surface area contributed by atoms with E-state index in [1.165, 1.54) is 21.1 Å². The van der Waals surface area contributed by atoms with Crippen LogP contribution in [0.15, 0.2) is 32.7 Å². The van der Waals surface area contributed by atoms with Crippen LogP contribution in [0.2, 0.25) is 0 Å². The van der Waals surface area contributed by atoms with Crippen LogP contribution >= 0.6 is 0 Å². The molecule has 0 aliphatic carbocycles. The van der Waals surface area contributed by atoms with Gasteiger partial charge < -0.3 is 14.5 Å². The summed E-state index contributed by atoms with van der Waals surface area (Å²) in [5, 5.41) is 0. The Morgan fingerprint density at radius 1 is 1.08 bits per heavy atom. The molecule has 0 amide bonds. The van der Waals surface area contributed by atoms with Crippen molar-refractivity contribution in [1.29, 1.82) is 0 Å². The normalized spacial score (nSPS) is 12.6. The fourth-order valence-corrected chi connectivity index (χ4v) is 3.86. The quantitative estimate of drug-likeness (QED) is 0.677. The second-order valence-electron chi connectivity index (χ2n) is 5.32. The Balaban J connectivity index is 2.39. The van der Waals surface area contributed by atoms with Crippen molar-refractivity contribution in [2.24, 2.45) is 0 Å². The first-order valence-corrected chi connectivity index (χ1v) is 8.75. The molecule has 0 aliphatic rings. The van der Waals surface area contributed by atoms with E-state index in [0.717, 1.165) is 0 Å². The molecule has 2 rings (SSSR count). The third kappa shape index (κ3) is 3.91. The second-order valence-corrected chi connectivity index (χ2v) is 6.97. The predicted octanol–water partition coefficient (Wildman–Crippen LogP) is 0.428. The minimum atomic E-state index is -4.16. The molecule has 2 aromatic rings. The molecule has 10 heteroatoms. The topological polar surface area (TPSA) is 130 Å². The number of aryl methyl sites for hydroxylation is 1. The van der Waals surface area contributed by atoms with E-state index in [1.54, 1.807) is 25.1 Å². The van der Waals surface area contributed by atoms with E-state index < -0.39 is 32.2 Å². The van der Waals surface area contributed by atoms with Gasteiger partial charge in [-0.2, -0.15) is 0 Å². The van der Waals surface area contributed by atoms with Gasteiger partial charge in [0.25, 0.3) is 5.56 Å². The molecular weight excluding hydrogens is 350 g/mol. The second kappa shape index (κ2) is 7.11. The zero-order valence-corrected chi connectivity index (χ0v) is 15.0. The van der Waals surface area contributed by atoms with Gasteiger partial charge in [-0.15, -0.1) is 0 Å². The molecule has 0 fully saturated rings. The fourth-order valence-electron chi connectivity index (χ4n) is 2.39. The maximum Gasteiger partial charge on any atom is 0.325 e. The first-order chi connectivity index (χ1) is 11.7. The molecular formula is C15H19N3O6S. The number of sulfonamides is 1. The number of aromatic nitrogens is 2. The van der Waals surface area contributed by atoms with Gasteiger partial charge in [-0.25, -0.2) is 17.9 Å². The van der Waals surface area contributed by atoms with Crippen molar-refractivity contribution in [3.63, 3.8) is 0 Å². The summed E-state index contributed by atoms with van der Waals surface area (Å²) in [4.78, 5) is 26.7. The molecule has 0 unspecified atom stereocenters. The number of methoxy groups -OCH3 is 2. The van der Waals surface area contributed by atoms with Crippen molar-refractivity contribution in [3.05, 3.63) is 50.3 Å². The first kappa shape index (κ1) is 18.7. The Bertz CT molecular complexity index is 993. The van der Waals surface area contributed by atoms with Crippen LogP contribution in [0.1, 0.15) is 24.2 Å². The maximum atomic E-state index is 12.5. The lowest BCUT2D eigenvalue weighted by atomic mass is 10.1. The summed E-state index contributed by atoms with van der Waals surface area (Å²) in [6.07, 6.45) is 0. The SMILES string of the molecule is COc1ccc([C@H](C)NS(=O)(=O)c2c(C)[nH]c(=O)[nH]c2=O)cc1OC. The number of H-pyrrole nitrogens is 2. The number of rotatable bonds is 6. The molecule has 1 heterocycles. The number of ether oxygens (including phenoxy) is 2. The molecule has 0 bridgehead atoms. The summed E-state index contributed by atoms with van der Waals surface area (Å²) < 4.78 is 37.8. The number of benzene rings is 1. The minimum Gasteiger partial charge on any atom is -0.493 e. The molecule has 3 N–H and O–H groups in total. The third-order valence-corrected chi connectivity index (χ3v) is 5.28. The molecule has 1 aromatic carbocycles. The fraction of sp³-hybridized carbons (Fsp3) is 0.333. The highest BCUT2D eigenvalue weighted by Gasteiger charge is 2.25. The Labute approximate surface area is 144 Å². The number of hydrogen-bond donors (Lipinski definition) is 3. The zero-order valence-electron chi connectivity index (χ0n) is 14.2. The Hall–Kier alpha value is -2.59. The largest absolute Gasteiger partial charge is 0.493 e. The number of aromatic amines is 2. The van der Waals surface area contributed by atoms with Crippen molar-refractivity contribution >= 4 is 10.0 Å². The molecule has 9 nitrogen and oxygen atoms in total. The monoisotopic (exact) mass is 369 g/mol. The minimum absolute atomic E-state index is 0.0410. The van der Waals surface area contributed by atoms with E-state index in [1.807, 2.05) is 4.98 Å². The third-order valence-electron chi connectivity index (χ3n) is 3.58. The van der Waals surface area contributed by atoms with Crippen LogP contribution < -0.4 is 25.4 Å². The summed E-state index contributed by atoms with van der Waals surface area (Å²) in [5.41, 5.74) is -1.18. The van der Waals surface area contributed by atoms with E-state index in [9.17, 15) is 18.0 Å². The van der Waals surface area contributed by atoms with Gasteiger partial charge in [-0.3, -0.25) is 9.78 Å². The van der Waals surface area contributed by atoms with E-state index in [-0.39, 0.29) is 5.69 Å². The summed E-state index contributed by atoms with van der Waals surface area (Å²) in [7, 11) is -1.19. The van der Waals surface area contributed by atoms with Crippen molar-refractivity contribution in [2.75, 3.05) is 14.2 Å². The van der Waals surface area contributed by atoms with Crippen LogP contribution in [0.3, 0.4) is 0 Å². The molecule has 0 spiro atoms. The maximum absolute atomic E-state index is 12.5. The molecule has 1 aromatic heterocycles. The Morgan fingerprint density at radius 2 is 1.72 bits per heavy atom. The Morgan fingerprint density at radius 3 is 2.28 bits per heavy atom. The summed E-state index contributed by atoms with van der Waals surface area (Å²) in [6.45, 7) is 2.96. The van der Waals surface area contributed by atoms with E-state index in [0.29, 0.717) is 17.1 Å². The lowest BCUT2D eigenvalue weighted by Crippen LogP contribution is -2.35. The predicted molar refractivity (Wildman–Crippen MR) is 90.7 cm³/mol. The molecule has 0 radical (unpaired) electrons. The van der Waals surface area contributed by atoms with Crippen LogP contribution in [0.25, 0.3) is 0 Å². The lowest BCUT2D eigenvalue weighted by Gasteiger charge is -2.17. The van der Waals surface area contributed by atoms with Gasteiger partial charge in [-0.1, -0.05) is 6.07 Å². The van der Waals surface area contributed by atoms with Crippen LogP contribution in [-0.2, 0) is 10.0 Å². The highest BCUT2D eigenvalue weighted by Crippen LogP contribution is 2.30. The smallest absolute Gasteiger partial charge is 0.325 e. The number of hydrogen-bond acceptors (Lipinski definition) is 6. The van der Waals surface area contributed by atoms with E-state index >= 15 is 0 Å². The summed E-state index contributed by atoms with van der Waals surface area (Å²) in [6, 6.07) is 4.31. The highest BCUT2D eigenvalue weighted by atomic mass is 32.2. The van der Waals surface area contributed by atoms with Gasteiger partial charge >= 0.3 is 5.69 Å². The molecule has 0 saturated heterocycles. The van der Waals surface area contributed by atoms with Crippen LogP contribution in [0, 0.1) is 6.92 Å². The van der Waals surface area contributed by atoms with Crippen LogP contribution in [0.4, 0.5) is 0 Å². The van der Waals surface area contributed by atoms with E-state index in [2.05, 4.69) is 9.71 Å². The number of nitrogens with one attached hydrogen (secondary N) is 3. The molecule has 25 heavy (non-hydrogen) atoms. The van der Waals surface area contributed by atoms with Crippen molar-refractivity contribution in [3.8, 4) is 11.5 Å². The van der Waals surface area contributed by atoms with Gasteiger partial charge in [0.1, 0.15) is 0 Å². The van der Waals surface area contributed by atoms with Gasteiger partial charge in [0, 0.05) is 11.7 Å². The van der Waals surface area contributed by atoms with Gasteiger partial charge in [0.05, 0.1) is 14.2 Å². The molecule has 0 saturated carbocycles. The summed E-state index contributed by atoms with van der Waals surface area (Å²) in [5.74, 6) is 0.957. The van der Waals surface area contributed by atoms with E-state index in [4.69, 9.17) is 9.47 Å². The average Bonchev–Trinajstić information content (AvgIpc) is 2.52. The molecule has 0 aliphatic heterocycles. The van der Waals surface area contributed by atoms with Gasteiger partial charge in [0.2, 0.25) is 10.0 Å². The Kier molecular flexibility index (Phi) is 5.33.